The summed E-state index contributed by atoms with van der Waals surface area (Å²) >= 11 is 18.9. The largest absolute Gasteiger partial charge is 0.292 e. The van der Waals surface area contributed by atoms with Crippen LogP contribution in [0.2, 0.25) is 0 Å². The second kappa shape index (κ2) is 4.72. The van der Waals surface area contributed by atoms with Gasteiger partial charge in [-0.05, 0) is 32.7 Å². The van der Waals surface area contributed by atoms with Crippen molar-refractivity contribution in [2.45, 2.75) is 49.3 Å². The molecule has 5 heteroatoms. The minimum absolute atomic E-state index is 0.0146. The van der Waals surface area contributed by atoms with Gasteiger partial charge >= 0.3 is 0 Å². The maximum atomic E-state index is 4.88. The molecule has 0 spiro atoms. The first-order chi connectivity index (χ1) is 7.48. The van der Waals surface area contributed by atoms with Crippen LogP contribution in [0.25, 0.3) is 0 Å². The van der Waals surface area contributed by atoms with Crippen molar-refractivity contribution in [3.8, 4) is 0 Å². The number of nitrogens with zero attached hydrogens (tertiary/aromatic N) is 1. The third-order valence-corrected chi connectivity index (χ3v) is 8.19. The van der Waals surface area contributed by atoms with Gasteiger partial charge in [-0.15, -0.1) is 0 Å². The number of piperidine rings is 1. The molecule has 0 N–H and O–H groups in total. The lowest BCUT2D eigenvalue weighted by atomic mass is 9.65. The quantitative estimate of drug-likeness (QED) is 0.450. The van der Waals surface area contributed by atoms with Gasteiger partial charge < -0.3 is 0 Å². The van der Waals surface area contributed by atoms with Gasteiger partial charge in [0.1, 0.15) is 0 Å². The van der Waals surface area contributed by atoms with Crippen molar-refractivity contribution in [3.63, 3.8) is 0 Å². The van der Waals surface area contributed by atoms with E-state index in [0.717, 1.165) is 17.9 Å². The van der Waals surface area contributed by atoms with E-state index in [0.29, 0.717) is 0 Å². The SMILES string of the molecule is CN1C(C)(CS)CC(C)(C)C(S)(S)C1(C)CS. The molecule has 1 aliphatic rings. The highest BCUT2D eigenvalue weighted by atomic mass is 32.2. The zero-order valence-electron chi connectivity index (χ0n) is 11.4. The third-order valence-electron chi connectivity index (χ3n) is 4.72. The summed E-state index contributed by atoms with van der Waals surface area (Å²) in [4.78, 5) is 2.37. The highest BCUT2D eigenvalue weighted by Gasteiger charge is 2.62. The lowest BCUT2D eigenvalue weighted by molar-refractivity contribution is -0.0561. The fourth-order valence-electron chi connectivity index (χ4n) is 3.13. The number of hydrogen-bond donors (Lipinski definition) is 4. The van der Waals surface area contributed by atoms with Crippen molar-refractivity contribution in [1.82, 2.24) is 4.90 Å². The molecule has 2 atom stereocenters. The van der Waals surface area contributed by atoms with Crippen molar-refractivity contribution in [3.05, 3.63) is 0 Å². The molecule has 0 radical (unpaired) electrons. The minimum atomic E-state index is -0.390. The summed E-state index contributed by atoms with van der Waals surface area (Å²) in [5.41, 5.74) is -0.110. The Bertz CT molecular complexity index is 302. The fourth-order valence-corrected chi connectivity index (χ4v) is 4.77. The topological polar surface area (TPSA) is 3.24 Å². The number of hydrogen-bond acceptors (Lipinski definition) is 5. The standard InChI is InChI=1S/C12H25NS4/c1-9(2)6-10(3,7-14)13(5)11(4,8-15)12(9,16)17/h14-17H,6-8H2,1-5H3. The van der Waals surface area contributed by atoms with Crippen molar-refractivity contribution >= 4 is 50.5 Å². The van der Waals surface area contributed by atoms with Gasteiger partial charge in [-0.2, -0.15) is 50.5 Å². The zero-order chi connectivity index (χ0) is 13.7. The maximum Gasteiger partial charge on any atom is 0.0791 e. The van der Waals surface area contributed by atoms with E-state index >= 15 is 0 Å². The van der Waals surface area contributed by atoms with E-state index in [4.69, 9.17) is 25.3 Å². The van der Waals surface area contributed by atoms with E-state index in [9.17, 15) is 0 Å². The van der Waals surface area contributed by atoms with Crippen LogP contribution in [-0.4, -0.2) is 38.6 Å². The van der Waals surface area contributed by atoms with Crippen LogP contribution in [0, 0.1) is 5.41 Å². The van der Waals surface area contributed by atoms with Gasteiger partial charge in [0.15, 0.2) is 0 Å². The van der Waals surface area contributed by atoms with Gasteiger partial charge in [0.05, 0.1) is 9.62 Å². The van der Waals surface area contributed by atoms with E-state index in [1.54, 1.807) is 0 Å². The molecule has 17 heavy (non-hydrogen) atoms. The van der Waals surface area contributed by atoms with Gasteiger partial charge in [-0.25, -0.2) is 0 Å². The number of likely N-dealkylation sites (tertiary alicyclic amines) is 1. The first kappa shape index (κ1) is 16.4. The fraction of sp³-hybridized carbons (Fsp3) is 1.00. The van der Waals surface area contributed by atoms with E-state index in [2.05, 4.69) is 64.9 Å². The maximum absolute atomic E-state index is 4.88. The van der Waals surface area contributed by atoms with Crippen LogP contribution >= 0.6 is 50.5 Å². The summed E-state index contributed by atoms with van der Waals surface area (Å²) < 4.78 is -0.390. The number of thiol groups is 4. The first-order valence-corrected chi connectivity index (χ1v) is 8.05. The highest BCUT2D eigenvalue weighted by Crippen LogP contribution is 2.59. The normalized spacial score (nSPS) is 41.5. The van der Waals surface area contributed by atoms with Gasteiger partial charge in [-0.3, -0.25) is 4.90 Å². The van der Waals surface area contributed by atoms with Crippen LogP contribution in [0.4, 0.5) is 0 Å². The molecule has 102 valence electrons. The minimum Gasteiger partial charge on any atom is -0.292 e. The molecular formula is C12H25NS4. The van der Waals surface area contributed by atoms with Crippen LogP contribution in [0.5, 0.6) is 0 Å². The van der Waals surface area contributed by atoms with E-state index in [-0.39, 0.29) is 20.6 Å². The van der Waals surface area contributed by atoms with E-state index < -0.39 is 0 Å². The molecule has 1 fully saturated rings. The molecule has 0 aromatic carbocycles. The molecule has 0 bridgehead atoms. The van der Waals surface area contributed by atoms with Crippen LogP contribution in [0.15, 0.2) is 0 Å². The predicted octanol–water partition coefficient (Wildman–Crippen LogP) is 3.28. The summed E-state index contributed by atoms with van der Waals surface area (Å²) in [5.74, 6) is 1.55. The van der Waals surface area contributed by atoms with Gasteiger partial charge in [-0.1, -0.05) is 13.8 Å². The van der Waals surface area contributed by atoms with Gasteiger partial charge in [0.2, 0.25) is 0 Å². The smallest absolute Gasteiger partial charge is 0.0791 e. The molecule has 1 saturated heterocycles. The van der Waals surface area contributed by atoms with Gasteiger partial charge in [0.25, 0.3) is 0 Å². The molecule has 0 aromatic rings. The zero-order valence-corrected chi connectivity index (χ0v) is 14.9. The van der Waals surface area contributed by atoms with E-state index in [1.807, 2.05) is 0 Å². The Morgan fingerprint density at radius 2 is 1.47 bits per heavy atom. The van der Waals surface area contributed by atoms with Crippen LogP contribution in [-0.2, 0) is 0 Å². The lowest BCUT2D eigenvalue weighted by Gasteiger charge is -2.66. The van der Waals surface area contributed by atoms with Gasteiger partial charge in [0, 0.05) is 17.0 Å². The average molecular weight is 312 g/mol. The molecule has 1 rings (SSSR count). The van der Waals surface area contributed by atoms with Crippen LogP contribution in [0.3, 0.4) is 0 Å². The molecule has 0 amide bonds. The van der Waals surface area contributed by atoms with Crippen molar-refractivity contribution < 1.29 is 0 Å². The first-order valence-electron chi connectivity index (χ1n) is 5.89. The second-order valence-corrected chi connectivity index (χ2v) is 8.71. The molecular weight excluding hydrogens is 286 g/mol. The Balaban J connectivity index is 3.35. The predicted molar refractivity (Wildman–Crippen MR) is 91.4 cm³/mol. The molecule has 0 aromatic heterocycles. The molecule has 1 aliphatic heterocycles. The Labute approximate surface area is 128 Å². The second-order valence-electron chi connectivity index (χ2n) is 6.38. The van der Waals surface area contributed by atoms with Crippen molar-refractivity contribution in [2.75, 3.05) is 18.6 Å². The molecule has 0 saturated carbocycles. The average Bonchev–Trinajstić information content (AvgIpc) is 2.24. The Morgan fingerprint density at radius 3 is 1.82 bits per heavy atom. The Hall–Kier alpha value is 1.36. The molecule has 0 aliphatic carbocycles. The molecule has 1 heterocycles. The summed E-state index contributed by atoms with van der Waals surface area (Å²) in [6.45, 7) is 8.94. The molecule has 2 unspecified atom stereocenters. The summed E-state index contributed by atoms with van der Waals surface area (Å²) in [7, 11) is 2.14. The Morgan fingerprint density at radius 1 is 1.00 bits per heavy atom. The molecule has 1 nitrogen and oxygen atoms in total. The third kappa shape index (κ3) is 2.18. The highest BCUT2D eigenvalue weighted by molar-refractivity contribution is 8.00. The lowest BCUT2D eigenvalue weighted by Crippen LogP contribution is -2.74. The summed E-state index contributed by atoms with van der Waals surface area (Å²) in [6, 6.07) is 0. The van der Waals surface area contributed by atoms with E-state index in [1.165, 1.54) is 0 Å². The number of rotatable bonds is 2. The van der Waals surface area contributed by atoms with Crippen LogP contribution in [0.1, 0.15) is 34.1 Å². The monoisotopic (exact) mass is 311 g/mol. The Kier molecular flexibility index (Phi) is 4.56. The summed E-state index contributed by atoms with van der Waals surface area (Å²) in [5, 5.41) is 0. The van der Waals surface area contributed by atoms with Crippen molar-refractivity contribution in [2.24, 2.45) is 5.41 Å². The van der Waals surface area contributed by atoms with Crippen LogP contribution < -0.4 is 0 Å². The van der Waals surface area contributed by atoms with Crippen molar-refractivity contribution in [1.29, 1.82) is 0 Å². The summed E-state index contributed by atoms with van der Waals surface area (Å²) in [6.07, 6.45) is 1.02.